The van der Waals surface area contributed by atoms with Crippen molar-refractivity contribution in [2.45, 2.75) is 12.1 Å². The number of nitrogens with zero attached hydrogens (tertiary/aromatic N) is 2. The normalized spacial score (nSPS) is 15.5. The molecule has 8 heavy (non-hydrogen) atoms. The zero-order valence-corrected chi connectivity index (χ0v) is 4.07. The Kier molecular flexibility index (Phi) is 2.57. The van der Waals surface area contributed by atoms with Crippen LogP contribution in [0, 0.1) is 22.7 Å². The van der Waals surface area contributed by atoms with Crippen LogP contribution in [0.4, 0.5) is 0 Å². The molecule has 0 aliphatic rings. The van der Waals surface area contributed by atoms with Gasteiger partial charge in [0.2, 0.25) is 0 Å². The lowest BCUT2D eigenvalue weighted by Gasteiger charge is -1.99. The highest BCUT2D eigenvalue weighted by Crippen LogP contribution is 1.82. The number of aliphatic hydroxyl groups is 1. The van der Waals surface area contributed by atoms with E-state index in [1.165, 1.54) is 12.1 Å². The molecule has 0 spiro atoms. The minimum absolute atomic E-state index is 1.08. The van der Waals surface area contributed by atoms with Gasteiger partial charge in [-0.1, -0.05) is 0 Å². The predicted molar refractivity (Wildman–Crippen MR) is 25.2 cm³/mol. The summed E-state index contributed by atoms with van der Waals surface area (Å²) in [6, 6.07) is 1.86. The van der Waals surface area contributed by atoms with E-state index in [0.717, 1.165) is 0 Å². The van der Waals surface area contributed by atoms with Crippen LogP contribution in [0.2, 0.25) is 0 Å². The molecule has 0 aromatic heterocycles. The van der Waals surface area contributed by atoms with Gasteiger partial charge in [-0.15, -0.1) is 0 Å². The molecule has 42 valence electrons. The Labute approximate surface area is 46.8 Å². The molecule has 0 bridgehead atoms. The lowest BCUT2D eigenvalue weighted by molar-refractivity contribution is 0.218. The van der Waals surface area contributed by atoms with E-state index < -0.39 is 12.1 Å². The Morgan fingerprint density at radius 1 is 1.38 bits per heavy atom. The summed E-state index contributed by atoms with van der Waals surface area (Å²) in [5, 5.41) is 24.3. The fourth-order valence-electron chi connectivity index (χ4n) is 0.151. The van der Waals surface area contributed by atoms with Crippen LogP contribution in [0.15, 0.2) is 0 Å². The van der Waals surface area contributed by atoms with Crippen molar-refractivity contribution < 1.29 is 5.11 Å². The molecule has 3 N–H and O–H groups in total. The van der Waals surface area contributed by atoms with Crippen molar-refractivity contribution in [2.24, 2.45) is 5.73 Å². The van der Waals surface area contributed by atoms with Gasteiger partial charge in [0.25, 0.3) is 0 Å². The summed E-state index contributed by atoms with van der Waals surface area (Å²) in [6.45, 7) is 0. The van der Waals surface area contributed by atoms with Crippen molar-refractivity contribution in [2.75, 3.05) is 0 Å². The molecule has 1 unspecified atom stereocenters. The van der Waals surface area contributed by atoms with Gasteiger partial charge in [0, 0.05) is 0 Å². The molecular formula is C4H5N3O. The molecule has 4 nitrogen and oxygen atoms in total. The van der Waals surface area contributed by atoms with Crippen molar-refractivity contribution in [1.82, 2.24) is 0 Å². The van der Waals surface area contributed by atoms with E-state index in [4.69, 9.17) is 21.4 Å². The molecule has 0 aliphatic heterocycles. The minimum Gasteiger partial charge on any atom is -0.375 e. The van der Waals surface area contributed by atoms with Crippen LogP contribution in [0.3, 0.4) is 0 Å². The average Bonchev–Trinajstić information content (AvgIpc) is 1.84. The molecule has 0 aromatic rings. The van der Waals surface area contributed by atoms with E-state index in [9.17, 15) is 0 Å². The second kappa shape index (κ2) is 2.98. The van der Waals surface area contributed by atoms with E-state index in [1.807, 2.05) is 0 Å². The maximum Gasteiger partial charge on any atom is 0.168 e. The van der Waals surface area contributed by atoms with Gasteiger partial charge < -0.3 is 10.8 Å². The van der Waals surface area contributed by atoms with Crippen LogP contribution >= 0.6 is 0 Å². The molecule has 0 amide bonds. The first-order valence-electron chi connectivity index (χ1n) is 1.95. The highest BCUT2D eigenvalue weighted by Gasteiger charge is 2.10. The van der Waals surface area contributed by atoms with Gasteiger partial charge >= 0.3 is 0 Å². The lowest BCUT2D eigenvalue weighted by Crippen LogP contribution is -2.31. The molecule has 0 aromatic carbocycles. The number of hydrogen-bond acceptors (Lipinski definition) is 4. The summed E-state index contributed by atoms with van der Waals surface area (Å²) in [5.74, 6) is 0. The Morgan fingerprint density at radius 3 is 2.00 bits per heavy atom. The van der Waals surface area contributed by atoms with Crippen molar-refractivity contribution in [3.63, 3.8) is 0 Å². The summed E-state index contributed by atoms with van der Waals surface area (Å²) in [7, 11) is 0. The summed E-state index contributed by atoms with van der Waals surface area (Å²) in [4.78, 5) is 0. The smallest absolute Gasteiger partial charge is 0.168 e. The first-order chi connectivity index (χ1) is 3.72. The van der Waals surface area contributed by atoms with Crippen LogP contribution in [0.1, 0.15) is 0 Å². The van der Waals surface area contributed by atoms with Gasteiger partial charge in [0.1, 0.15) is 6.04 Å². The van der Waals surface area contributed by atoms with Crippen molar-refractivity contribution in [1.29, 1.82) is 10.5 Å². The minimum atomic E-state index is -1.36. The molecule has 2 atom stereocenters. The molecule has 0 fully saturated rings. The molecule has 0 rings (SSSR count). The SMILES string of the molecule is N#CC(N)[C@H](O)C#N. The first-order valence-corrected chi connectivity index (χ1v) is 1.95. The fraction of sp³-hybridized carbons (Fsp3) is 0.500. The van der Waals surface area contributed by atoms with Crippen molar-refractivity contribution in [3.8, 4) is 12.1 Å². The Bertz CT molecular complexity index is 124. The Balaban J connectivity index is 3.72. The lowest BCUT2D eigenvalue weighted by atomic mass is 10.2. The second-order valence-corrected chi connectivity index (χ2v) is 1.23. The summed E-state index contributed by atoms with van der Waals surface area (Å²) in [5.41, 5.74) is 4.89. The summed E-state index contributed by atoms with van der Waals surface area (Å²) >= 11 is 0. The zero-order valence-electron chi connectivity index (χ0n) is 4.07. The fourth-order valence-corrected chi connectivity index (χ4v) is 0.151. The van der Waals surface area contributed by atoms with E-state index in [0.29, 0.717) is 0 Å². The van der Waals surface area contributed by atoms with E-state index in [1.54, 1.807) is 0 Å². The average molecular weight is 111 g/mol. The number of nitriles is 2. The van der Waals surface area contributed by atoms with E-state index >= 15 is 0 Å². The molecule has 0 heterocycles. The topological polar surface area (TPSA) is 93.8 Å². The van der Waals surface area contributed by atoms with Crippen LogP contribution in [0.5, 0.6) is 0 Å². The standard InChI is InChI=1S/C4H5N3O/c5-1-3(7)4(8)2-6/h3-4,8H,7H2/t3?,4-/m1/s1. The highest BCUT2D eigenvalue weighted by atomic mass is 16.3. The van der Waals surface area contributed by atoms with Gasteiger partial charge in [0.15, 0.2) is 6.10 Å². The maximum atomic E-state index is 8.42. The van der Waals surface area contributed by atoms with Crippen molar-refractivity contribution in [3.05, 3.63) is 0 Å². The third-order valence-corrected chi connectivity index (χ3v) is 0.622. The summed E-state index contributed by atoms with van der Waals surface area (Å²) < 4.78 is 0. The third kappa shape index (κ3) is 1.57. The van der Waals surface area contributed by atoms with Gasteiger partial charge in [-0.2, -0.15) is 10.5 Å². The molecule has 0 saturated heterocycles. The number of rotatable bonds is 1. The van der Waals surface area contributed by atoms with Gasteiger partial charge in [-0.3, -0.25) is 0 Å². The van der Waals surface area contributed by atoms with Crippen LogP contribution < -0.4 is 5.73 Å². The van der Waals surface area contributed by atoms with Crippen LogP contribution in [-0.4, -0.2) is 17.3 Å². The molecule has 0 radical (unpaired) electrons. The molecule has 0 saturated carbocycles. The zero-order chi connectivity index (χ0) is 6.57. The monoisotopic (exact) mass is 111 g/mol. The van der Waals surface area contributed by atoms with Crippen LogP contribution in [0.25, 0.3) is 0 Å². The number of nitrogens with two attached hydrogens (primary N) is 1. The largest absolute Gasteiger partial charge is 0.375 e. The molecule has 4 heteroatoms. The van der Waals surface area contributed by atoms with Gasteiger partial charge in [-0.25, -0.2) is 0 Å². The van der Waals surface area contributed by atoms with Crippen LogP contribution in [-0.2, 0) is 0 Å². The van der Waals surface area contributed by atoms with E-state index in [2.05, 4.69) is 0 Å². The maximum absolute atomic E-state index is 8.42. The molecular weight excluding hydrogens is 106 g/mol. The molecule has 0 aliphatic carbocycles. The van der Waals surface area contributed by atoms with Crippen molar-refractivity contribution >= 4 is 0 Å². The number of aliphatic hydroxyl groups excluding tert-OH is 1. The number of hydrogen-bond donors (Lipinski definition) is 2. The predicted octanol–water partition coefficient (Wildman–Crippen LogP) is -1.28. The third-order valence-electron chi connectivity index (χ3n) is 0.622. The second-order valence-electron chi connectivity index (χ2n) is 1.23. The van der Waals surface area contributed by atoms with Gasteiger partial charge in [-0.05, 0) is 0 Å². The van der Waals surface area contributed by atoms with Gasteiger partial charge in [0.05, 0.1) is 12.1 Å². The highest BCUT2D eigenvalue weighted by molar-refractivity contribution is 5.01. The first kappa shape index (κ1) is 6.90. The quantitative estimate of drug-likeness (QED) is 0.412. The Hall–Kier alpha value is -1.10. The Morgan fingerprint density at radius 2 is 1.88 bits per heavy atom. The van der Waals surface area contributed by atoms with E-state index in [-0.39, 0.29) is 0 Å². The summed E-state index contributed by atoms with van der Waals surface area (Å²) in [6.07, 6.45) is -1.36.